The molecule has 1 aromatic carbocycles. The first-order valence-corrected chi connectivity index (χ1v) is 9.80. The minimum Gasteiger partial charge on any atom is -0.494 e. The normalized spacial score (nSPS) is 16.9. The largest absolute Gasteiger partial charge is 0.494 e. The fourth-order valence-corrected chi connectivity index (χ4v) is 4.30. The van der Waals surface area contributed by atoms with Gasteiger partial charge in [0.05, 0.1) is 17.2 Å². The molecule has 1 saturated heterocycles. The van der Waals surface area contributed by atoms with Gasteiger partial charge in [0.2, 0.25) is 10.0 Å². The van der Waals surface area contributed by atoms with Gasteiger partial charge in [-0.15, -0.1) is 0 Å². The summed E-state index contributed by atoms with van der Waals surface area (Å²) in [4.78, 5) is 2.48. The fraction of sp³-hybridized carbons (Fsp3) is 0.471. The second-order valence-corrected chi connectivity index (χ2v) is 7.95. The molecule has 0 atom stereocenters. The zero-order valence-corrected chi connectivity index (χ0v) is 15.3. The smallest absolute Gasteiger partial charge is 0.243 e. The molecule has 0 unspecified atom stereocenters. The van der Waals surface area contributed by atoms with E-state index in [9.17, 15) is 8.42 Å². The fourth-order valence-electron chi connectivity index (χ4n) is 2.87. The first-order valence-electron chi connectivity index (χ1n) is 8.36. The van der Waals surface area contributed by atoms with Crippen molar-refractivity contribution >= 4 is 10.0 Å². The van der Waals surface area contributed by atoms with Gasteiger partial charge in [0.15, 0.2) is 0 Å². The van der Waals surface area contributed by atoms with Gasteiger partial charge >= 0.3 is 0 Å². The summed E-state index contributed by atoms with van der Waals surface area (Å²) in [5.41, 5.74) is 0.875. The zero-order valence-electron chi connectivity index (χ0n) is 14.5. The quantitative estimate of drug-likeness (QED) is 0.778. The van der Waals surface area contributed by atoms with Gasteiger partial charge in [-0.1, -0.05) is 5.16 Å². The average Bonchev–Trinajstić information content (AvgIpc) is 3.01. The lowest BCUT2D eigenvalue weighted by Crippen LogP contribution is -2.48. The average molecular weight is 365 g/mol. The van der Waals surface area contributed by atoms with Crippen molar-refractivity contribution in [1.29, 1.82) is 0 Å². The van der Waals surface area contributed by atoms with Crippen molar-refractivity contribution in [2.75, 3.05) is 32.8 Å². The minimum atomic E-state index is -3.47. The Morgan fingerprint density at radius 1 is 1.16 bits per heavy atom. The summed E-state index contributed by atoms with van der Waals surface area (Å²) in [5.74, 6) is 1.46. The molecule has 1 fully saturated rings. The summed E-state index contributed by atoms with van der Waals surface area (Å²) in [6, 6.07) is 8.50. The van der Waals surface area contributed by atoms with Gasteiger partial charge in [0.1, 0.15) is 11.5 Å². The predicted octanol–water partition coefficient (Wildman–Crippen LogP) is 1.89. The molecule has 136 valence electrons. The van der Waals surface area contributed by atoms with Gasteiger partial charge in [-0.25, -0.2) is 8.42 Å². The molecule has 0 saturated carbocycles. The number of sulfonamides is 1. The Balaban J connectivity index is 1.60. The number of hydrogen-bond donors (Lipinski definition) is 0. The summed E-state index contributed by atoms with van der Waals surface area (Å²) in [7, 11) is -3.47. The van der Waals surface area contributed by atoms with Gasteiger partial charge in [-0.3, -0.25) is 4.90 Å². The van der Waals surface area contributed by atoms with E-state index in [1.165, 1.54) is 4.31 Å². The summed E-state index contributed by atoms with van der Waals surface area (Å²) in [6.45, 7) is 7.25. The second-order valence-electron chi connectivity index (χ2n) is 6.01. The van der Waals surface area contributed by atoms with Gasteiger partial charge < -0.3 is 9.26 Å². The SMILES string of the molecule is CCOc1ccc(S(=O)(=O)N2CCN(Cc3cc(C)on3)CC2)cc1. The molecule has 1 aliphatic rings. The molecule has 0 N–H and O–H groups in total. The Morgan fingerprint density at radius 3 is 2.40 bits per heavy atom. The van der Waals surface area contributed by atoms with Gasteiger partial charge in [-0.2, -0.15) is 4.31 Å². The number of rotatable bonds is 6. The molecule has 0 amide bonds. The van der Waals surface area contributed by atoms with Crippen molar-refractivity contribution in [2.24, 2.45) is 0 Å². The maximum atomic E-state index is 12.8. The first-order chi connectivity index (χ1) is 12.0. The molecule has 0 spiro atoms. The van der Waals surface area contributed by atoms with Crippen molar-refractivity contribution in [1.82, 2.24) is 14.4 Å². The molecule has 2 heterocycles. The molecule has 7 nitrogen and oxygen atoms in total. The third kappa shape index (κ3) is 4.20. The van der Waals surface area contributed by atoms with Crippen LogP contribution in [0.4, 0.5) is 0 Å². The van der Waals surface area contributed by atoms with Gasteiger partial charge in [-0.05, 0) is 38.1 Å². The van der Waals surface area contributed by atoms with Crippen LogP contribution in [0.25, 0.3) is 0 Å². The number of aromatic nitrogens is 1. The van der Waals surface area contributed by atoms with Crippen LogP contribution in [0.1, 0.15) is 18.4 Å². The van der Waals surface area contributed by atoms with Crippen LogP contribution in [0, 0.1) is 6.92 Å². The van der Waals surface area contributed by atoms with Crippen LogP contribution >= 0.6 is 0 Å². The lowest BCUT2D eigenvalue weighted by Gasteiger charge is -2.33. The van der Waals surface area contributed by atoms with Crippen LogP contribution in [0.15, 0.2) is 39.8 Å². The van der Waals surface area contributed by atoms with E-state index in [4.69, 9.17) is 9.26 Å². The van der Waals surface area contributed by atoms with Crippen molar-refractivity contribution in [3.63, 3.8) is 0 Å². The number of benzene rings is 1. The third-order valence-electron chi connectivity index (χ3n) is 4.17. The Morgan fingerprint density at radius 2 is 1.84 bits per heavy atom. The third-order valence-corrected chi connectivity index (χ3v) is 6.08. The summed E-state index contributed by atoms with van der Waals surface area (Å²) >= 11 is 0. The van der Waals surface area contributed by atoms with Crippen LogP contribution in [0.3, 0.4) is 0 Å². The molecular weight excluding hydrogens is 342 g/mol. The highest BCUT2D eigenvalue weighted by Crippen LogP contribution is 2.21. The topological polar surface area (TPSA) is 75.9 Å². The summed E-state index contributed by atoms with van der Waals surface area (Å²) in [6.07, 6.45) is 0. The molecule has 0 bridgehead atoms. The monoisotopic (exact) mass is 365 g/mol. The lowest BCUT2D eigenvalue weighted by atomic mass is 10.3. The summed E-state index contributed by atoms with van der Waals surface area (Å²) < 4.78 is 37.5. The number of hydrogen-bond acceptors (Lipinski definition) is 6. The summed E-state index contributed by atoms with van der Waals surface area (Å²) in [5, 5.41) is 3.99. The molecular formula is C17H23N3O4S. The molecule has 1 aromatic heterocycles. The highest BCUT2D eigenvalue weighted by Gasteiger charge is 2.28. The maximum absolute atomic E-state index is 12.8. The van der Waals surface area contributed by atoms with E-state index >= 15 is 0 Å². The molecule has 3 rings (SSSR count). The standard InChI is InChI=1S/C17H23N3O4S/c1-3-23-16-4-6-17(7-5-16)25(21,22)20-10-8-19(9-11-20)13-15-12-14(2)24-18-15/h4-7,12H,3,8-11,13H2,1-2H3. The Labute approximate surface area is 148 Å². The number of piperazine rings is 1. The Kier molecular flexibility index (Phi) is 5.41. The van der Waals surface area contributed by atoms with E-state index in [1.807, 2.05) is 19.9 Å². The number of nitrogens with zero attached hydrogens (tertiary/aromatic N) is 3. The number of aryl methyl sites for hydroxylation is 1. The van der Waals surface area contributed by atoms with Crippen molar-refractivity contribution < 1.29 is 17.7 Å². The van der Waals surface area contributed by atoms with Crippen molar-refractivity contribution in [2.45, 2.75) is 25.3 Å². The number of ether oxygens (including phenoxy) is 1. The Bertz CT molecular complexity index is 794. The van der Waals surface area contributed by atoms with E-state index in [0.717, 1.165) is 11.5 Å². The second kappa shape index (κ2) is 7.55. The van der Waals surface area contributed by atoms with E-state index in [0.29, 0.717) is 50.0 Å². The van der Waals surface area contributed by atoms with Crippen LogP contribution in [-0.2, 0) is 16.6 Å². The minimum absolute atomic E-state index is 0.302. The molecule has 8 heteroatoms. The van der Waals surface area contributed by atoms with Gasteiger partial charge in [0, 0.05) is 38.8 Å². The first kappa shape index (κ1) is 17.9. The van der Waals surface area contributed by atoms with Crippen LogP contribution in [0.2, 0.25) is 0 Å². The van der Waals surface area contributed by atoms with Crippen LogP contribution in [-0.4, -0.2) is 55.6 Å². The molecule has 0 aliphatic carbocycles. The maximum Gasteiger partial charge on any atom is 0.243 e. The van der Waals surface area contributed by atoms with E-state index < -0.39 is 10.0 Å². The highest BCUT2D eigenvalue weighted by molar-refractivity contribution is 7.89. The predicted molar refractivity (Wildman–Crippen MR) is 92.9 cm³/mol. The lowest BCUT2D eigenvalue weighted by molar-refractivity contribution is 0.177. The van der Waals surface area contributed by atoms with Crippen molar-refractivity contribution in [3.05, 3.63) is 41.8 Å². The van der Waals surface area contributed by atoms with Gasteiger partial charge in [0.25, 0.3) is 0 Å². The molecule has 0 radical (unpaired) electrons. The van der Waals surface area contributed by atoms with Crippen molar-refractivity contribution in [3.8, 4) is 5.75 Å². The highest BCUT2D eigenvalue weighted by atomic mass is 32.2. The van der Waals surface area contributed by atoms with Crippen LogP contribution in [0.5, 0.6) is 5.75 Å². The molecule has 1 aliphatic heterocycles. The van der Waals surface area contributed by atoms with E-state index in [2.05, 4.69) is 10.1 Å². The zero-order chi connectivity index (χ0) is 17.9. The Hall–Kier alpha value is -1.90. The molecule has 25 heavy (non-hydrogen) atoms. The van der Waals surface area contributed by atoms with E-state index in [1.54, 1.807) is 24.3 Å². The molecule has 2 aromatic rings. The van der Waals surface area contributed by atoms with E-state index in [-0.39, 0.29) is 0 Å². The van der Waals surface area contributed by atoms with Crippen LogP contribution < -0.4 is 4.74 Å².